The zero-order valence-corrected chi connectivity index (χ0v) is 13.2. The van der Waals surface area contributed by atoms with E-state index in [2.05, 4.69) is 0 Å². The molecule has 2 saturated heterocycles. The summed E-state index contributed by atoms with van der Waals surface area (Å²) < 4.78 is 0. The van der Waals surface area contributed by atoms with Crippen LogP contribution < -0.4 is 4.90 Å². The van der Waals surface area contributed by atoms with Crippen molar-refractivity contribution in [3.05, 3.63) is 29.3 Å². The fourth-order valence-corrected chi connectivity index (χ4v) is 3.38. The number of carboxylic acids is 1. The molecule has 2 heterocycles. The Kier molecular flexibility index (Phi) is 4.26. The summed E-state index contributed by atoms with van der Waals surface area (Å²) >= 11 is 5.95. The monoisotopic (exact) mass is 336 g/mol. The summed E-state index contributed by atoms with van der Waals surface area (Å²) in [5.41, 5.74) is 0.683. The van der Waals surface area contributed by atoms with Crippen LogP contribution in [0.1, 0.15) is 12.8 Å². The summed E-state index contributed by atoms with van der Waals surface area (Å²) in [6, 6.07) is 6.97. The van der Waals surface area contributed by atoms with Crippen LogP contribution in [-0.2, 0) is 14.4 Å². The van der Waals surface area contributed by atoms with Crippen molar-refractivity contribution in [1.82, 2.24) is 4.90 Å². The average molecular weight is 337 g/mol. The van der Waals surface area contributed by atoms with Crippen LogP contribution in [0.25, 0.3) is 0 Å². The van der Waals surface area contributed by atoms with Gasteiger partial charge in [-0.3, -0.25) is 14.4 Å². The van der Waals surface area contributed by atoms with Crippen molar-refractivity contribution in [3.63, 3.8) is 0 Å². The van der Waals surface area contributed by atoms with Gasteiger partial charge >= 0.3 is 5.97 Å². The number of rotatable bonds is 3. The van der Waals surface area contributed by atoms with Crippen molar-refractivity contribution >= 4 is 35.1 Å². The molecule has 2 fully saturated rings. The fourth-order valence-electron chi connectivity index (χ4n) is 3.19. The maximum absolute atomic E-state index is 12.5. The molecule has 0 bridgehead atoms. The number of likely N-dealkylation sites (tertiary alicyclic amines) is 1. The summed E-state index contributed by atoms with van der Waals surface area (Å²) in [6.45, 7) is 1.05. The van der Waals surface area contributed by atoms with Gasteiger partial charge in [0.05, 0.1) is 5.92 Å². The van der Waals surface area contributed by atoms with Gasteiger partial charge in [0.1, 0.15) is 5.92 Å². The van der Waals surface area contributed by atoms with Gasteiger partial charge < -0.3 is 14.9 Å². The zero-order chi connectivity index (χ0) is 16.6. The Morgan fingerprint density at radius 3 is 2.65 bits per heavy atom. The molecular formula is C16H17ClN2O4. The third-order valence-electron chi connectivity index (χ3n) is 4.47. The number of nitrogens with zero attached hydrogens (tertiary/aromatic N) is 2. The molecule has 3 rings (SSSR count). The quantitative estimate of drug-likeness (QED) is 0.851. The van der Waals surface area contributed by atoms with E-state index < -0.39 is 17.8 Å². The lowest BCUT2D eigenvalue weighted by Gasteiger charge is -2.20. The first kappa shape index (κ1) is 15.8. The number of halogens is 1. The zero-order valence-electron chi connectivity index (χ0n) is 12.4. The molecule has 6 nitrogen and oxygen atoms in total. The number of carboxylic acid groups (broad SMARTS) is 1. The lowest BCUT2D eigenvalue weighted by atomic mass is 10.1. The van der Waals surface area contributed by atoms with Crippen LogP contribution in [0.3, 0.4) is 0 Å². The molecule has 0 aromatic heterocycles. The van der Waals surface area contributed by atoms with Gasteiger partial charge in [-0.15, -0.1) is 0 Å². The van der Waals surface area contributed by atoms with Crippen molar-refractivity contribution in [2.45, 2.75) is 12.8 Å². The average Bonchev–Trinajstić information content (AvgIpc) is 3.13. The van der Waals surface area contributed by atoms with Crippen molar-refractivity contribution in [2.24, 2.45) is 11.8 Å². The number of anilines is 1. The minimum absolute atomic E-state index is 0.190. The van der Waals surface area contributed by atoms with Crippen molar-refractivity contribution in [1.29, 1.82) is 0 Å². The molecule has 0 spiro atoms. The SMILES string of the molecule is O=C(O)[C@@H]1CCN(C(=O)[C@@H]2CCN(c3cccc(Cl)c3)C2=O)C1. The summed E-state index contributed by atoms with van der Waals surface area (Å²) in [4.78, 5) is 39.1. The van der Waals surface area contributed by atoms with E-state index in [1.165, 1.54) is 4.90 Å². The first-order valence-electron chi connectivity index (χ1n) is 7.56. The second kappa shape index (κ2) is 6.20. The van der Waals surface area contributed by atoms with E-state index in [-0.39, 0.29) is 18.4 Å². The molecule has 1 aromatic carbocycles. The van der Waals surface area contributed by atoms with Gasteiger partial charge in [-0.2, -0.15) is 0 Å². The summed E-state index contributed by atoms with van der Waals surface area (Å²) in [5.74, 6) is -2.64. The second-order valence-corrected chi connectivity index (χ2v) is 6.36. The smallest absolute Gasteiger partial charge is 0.308 e. The minimum Gasteiger partial charge on any atom is -0.481 e. The van der Waals surface area contributed by atoms with E-state index >= 15 is 0 Å². The van der Waals surface area contributed by atoms with Crippen molar-refractivity contribution < 1.29 is 19.5 Å². The third-order valence-corrected chi connectivity index (χ3v) is 4.71. The van der Waals surface area contributed by atoms with Crippen LogP contribution in [-0.4, -0.2) is 47.4 Å². The van der Waals surface area contributed by atoms with Crippen LogP contribution >= 0.6 is 11.6 Å². The third kappa shape index (κ3) is 3.03. The molecule has 2 atom stereocenters. The number of carbonyl (C=O) groups excluding carboxylic acids is 2. The Balaban J connectivity index is 1.69. The van der Waals surface area contributed by atoms with Crippen LogP contribution in [0.2, 0.25) is 5.02 Å². The van der Waals surface area contributed by atoms with Gasteiger partial charge in [-0.25, -0.2) is 0 Å². The number of aliphatic carboxylic acids is 1. The highest BCUT2D eigenvalue weighted by Crippen LogP contribution is 2.29. The molecule has 122 valence electrons. The Hall–Kier alpha value is -2.08. The summed E-state index contributed by atoms with van der Waals surface area (Å²) in [6.07, 6.45) is 0.887. The Bertz CT molecular complexity index is 663. The van der Waals surface area contributed by atoms with Crippen LogP contribution in [0.5, 0.6) is 0 Å². The number of amides is 2. The largest absolute Gasteiger partial charge is 0.481 e. The van der Waals surface area contributed by atoms with E-state index in [1.807, 2.05) is 0 Å². The molecule has 1 aromatic rings. The summed E-state index contributed by atoms with van der Waals surface area (Å²) in [7, 11) is 0. The molecule has 2 aliphatic heterocycles. The van der Waals surface area contributed by atoms with Gasteiger partial charge in [0.25, 0.3) is 0 Å². The predicted molar refractivity (Wildman–Crippen MR) is 84.2 cm³/mol. The second-order valence-electron chi connectivity index (χ2n) is 5.92. The van der Waals surface area contributed by atoms with Gasteiger partial charge in [0.15, 0.2) is 0 Å². The molecule has 1 N–H and O–H groups in total. The first-order chi connectivity index (χ1) is 11.0. The molecule has 7 heteroatoms. The standard InChI is InChI=1S/C16H17ClN2O4/c17-11-2-1-3-12(8-11)19-7-5-13(15(19)21)14(20)18-6-4-10(9-18)16(22)23/h1-3,8,10,13H,4-7,9H2,(H,22,23)/t10-,13+/m1/s1. The molecule has 0 unspecified atom stereocenters. The van der Waals surface area contributed by atoms with Gasteiger partial charge in [-0.05, 0) is 31.0 Å². The molecule has 2 amide bonds. The van der Waals surface area contributed by atoms with E-state index in [0.717, 1.165) is 0 Å². The fraction of sp³-hybridized carbons (Fsp3) is 0.438. The van der Waals surface area contributed by atoms with Crippen LogP contribution in [0.15, 0.2) is 24.3 Å². The van der Waals surface area contributed by atoms with Gasteiger partial charge in [0.2, 0.25) is 11.8 Å². The maximum atomic E-state index is 12.5. The van der Waals surface area contributed by atoms with E-state index in [4.69, 9.17) is 16.7 Å². The van der Waals surface area contributed by atoms with Crippen LogP contribution in [0, 0.1) is 11.8 Å². The molecule has 23 heavy (non-hydrogen) atoms. The molecule has 0 aliphatic carbocycles. The predicted octanol–water partition coefficient (Wildman–Crippen LogP) is 1.63. The summed E-state index contributed by atoms with van der Waals surface area (Å²) in [5, 5.41) is 9.56. The van der Waals surface area contributed by atoms with E-state index in [1.54, 1.807) is 29.2 Å². The number of hydrogen-bond acceptors (Lipinski definition) is 3. The number of hydrogen-bond donors (Lipinski definition) is 1. The van der Waals surface area contributed by atoms with E-state index in [0.29, 0.717) is 36.6 Å². The molecule has 2 aliphatic rings. The van der Waals surface area contributed by atoms with Gasteiger partial charge in [-0.1, -0.05) is 17.7 Å². The highest BCUT2D eigenvalue weighted by molar-refractivity contribution is 6.31. The Labute approximate surface area is 138 Å². The number of carbonyl (C=O) groups is 3. The topological polar surface area (TPSA) is 77.9 Å². The van der Waals surface area contributed by atoms with Crippen molar-refractivity contribution in [3.8, 4) is 0 Å². The molecule has 0 saturated carbocycles. The lowest BCUT2D eigenvalue weighted by molar-refractivity contribution is -0.142. The lowest BCUT2D eigenvalue weighted by Crippen LogP contribution is -2.39. The Morgan fingerprint density at radius 1 is 1.22 bits per heavy atom. The Morgan fingerprint density at radius 2 is 2.00 bits per heavy atom. The van der Waals surface area contributed by atoms with Crippen LogP contribution in [0.4, 0.5) is 5.69 Å². The molecule has 0 radical (unpaired) electrons. The highest BCUT2D eigenvalue weighted by atomic mass is 35.5. The minimum atomic E-state index is -0.890. The van der Waals surface area contributed by atoms with Crippen molar-refractivity contribution in [2.75, 3.05) is 24.5 Å². The van der Waals surface area contributed by atoms with E-state index in [9.17, 15) is 14.4 Å². The normalized spacial score (nSPS) is 24.3. The number of benzene rings is 1. The first-order valence-corrected chi connectivity index (χ1v) is 7.93. The van der Waals surface area contributed by atoms with Gasteiger partial charge in [0, 0.05) is 30.3 Å². The highest BCUT2D eigenvalue weighted by Gasteiger charge is 2.42. The maximum Gasteiger partial charge on any atom is 0.308 e. The molecular weight excluding hydrogens is 320 g/mol.